The van der Waals surface area contributed by atoms with Gasteiger partial charge < -0.3 is 4.74 Å². The van der Waals surface area contributed by atoms with Gasteiger partial charge in [-0.05, 0) is 67.4 Å². The van der Waals surface area contributed by atoms with E-state index in [9.17, 15) is 4.39 Å². The molecule has 0 aromatic heterocycles. The van der Waals surface area contributed by atoms with Gasteiger partial charge >= 0.3 is 0 Å². The summed E-state index contributed by atoms with van der Waals surface area (Å²) in [7, 11) is 0. The Hall–Kier alpha value is -1.71. The first-order valence-electron chi connectivity index (χ1n) is 11.9. The molecule has 1 aliphatic carbocycles. The maximum atomic E-state index is 14.6. The molecule has 4 rings (SSSR count). The van der Waals surface area contributed by atoms with Crippen molar-refractivity contribution in [2.45, 2.75) is 77.5 Å². The monoisotopic (exact) mass is 409 g/mol. The van der Waals surface area contributed by atoms with Crippen LogP contribution in [0.1, 0.15) is 69.4 Å². The fourth-order valence-corrected chi connectivity index (χ4v) is 5.01. The van der Waals surface area contributed by atoms with Crippen molar-refractivity contribution in [3.05, 3.63) is 59.4 Å². The average molecular weight is 410 g/mol. The van der Waals surface area contributed by atoms with Crippen LogP contribution in [0.4, 0.5) is 4.39 Å². The van der Waals surface area contributed by atoms with Crippen LogP contribution in [0.3, 0.4) is 0 Å². The summed E-state index contributed by atoms with van der Waals surface area (Å²) in [5, 5.41) is 0. The summed E-state index contributed by atoms with van der Waals surface area (Å²) in [5.41, 5.74) is 4.01. The van der Waals surface area contributed by atoms with Gasteiger partial charge in [0.15, 0.2) is 0 Å². The molecule has 1 heterocycles. The second-order valence-electron chi connectivity index (χ2n) is 9.23. The highest BCUT2D eigenvalue weighted by Crippen LogP contribution is 2.27. The van der Waals surface area contributed by atoms with E-state index in [0.29, 0.717) is 18.3 Å². The minimum absolute atomic E-state index is 0.162. The van der Waals surface area contributed by atoms with Crippen LogP contribution >= 0.6 is 0 Å². The third-order valence-corrected chi connectivity index (χ3v) is 6.93. The van der Waals surface area contributed by atoms with Gasteiger partial charge in [0.05, 0.1) is 12.7 Å². The second kappa shape index (κ2) is 10.5. The molecule has 2 nitrogen and oxygen atoms in total. The largest absolute Gasteiger partial charge is 0.373 e. The van der Waals surface area contributed by atoms with E-state index in [4.69, 9.17) is 4.74 Å². The van der Waals surface area contributed by atoms with Crippen LogP contribution in [0.25, 0.3) is 11.1 Å². The van der Waals surface area contributed by atoms with E-state index in [1.54, 1.807) is 6.07 Å². The molecule has 0 spiro atoms. The van der Waals surface area contributed by atoms with Gasteiger partial charge in [-0.3, -0.25) is 4.90 Å². The summed E-state index contributed by atoms with van der Waals surface area (Å²) in [6.07, 6.45) is 10.4. The topological polar surface area (TPSA) is 12.5 Å². The molecule has 3 heteroatoms. The Morgan fingerprint density at radius 3 is 2.30 bits per heavy atom. The summed E-state index contributed by atoms with van der Waals surface area (Å²) in [5.74, 6) is 0.764. The number of ether oxygens (including phenoxy) is 1. The molecule has 162 valence electrons. The van der Waals surface area contributed by atoms with E-state index in [0.717, 1.165) is 36.4 Å². The number of nitrogens with zero attached hydrogens (tertiary/aromatic N) is 1. The van der Waals surface area contributed by atoms with Crippen molar-refractivity contribution < 1.29 is 9.13 Å². The molecule has 0 amide bonds. The molecule has 1 saturated heterocycles. The van der Waals surface area contributed by atoms with Gasteiger partial charge in [-0.1, -0.05) is 69.0 Å². The Morgan fingerprint density at radius 1 is 0.933 bits per heavy atom. The van der Waals surface area contributed by atoms with Gasteiger partial charge in [-0.15, -0.1) is 0 Å². The Balaban J connectivity index is 1.31. The Labute approximate surface area is 181 Å². The summed E-state index contributed by atoms with van der Waals surface area (Å²) >= 11 is 0. The molecule has 0 unspecified atom stereocenters. The lowest BCUT2D eigenvalue weighted by Gasteiger charge is -2.31. The van der Waals surface area contributed by atoms with E-state index < -0.39 is 0 Å². The zero-order chi connectivity index (χ0) is 20.8. The summed E-state index contributed by atoms with van der Waals surface area (Å²) in [6, 6.07) is 14.2. The summed E-state index contributed by atoms with van der Waals surface area (Å²) in [6.45, 7) is 6.11. The minimum Gasteiger partial charge on any atom is -0.373 e. The predicted molar refractivity (Wildman–Crippen MR) is 122 cm³/mol. The van der Waals surface area contributed by atoms with Gasteiger partial charge in [0, 0.05) is 12.1 Å². The van der Waals surface area contributed by atoms with E-state index in [-0.39, 0.29) is 5.82 Å². The molecule has 2 aliphatic rings. The average Bonchev–Trinajstić information content (AvgIpc) is 3.29. The van der Waals surface area contributed by atoms with E-state index in [2.05, 4.69) is 36.1 Å². The number of rotatable bonds is 8. The van der Waals surface area contributed by atoms with Crippen LogP contribution < -0.4 is 0 Å². The lowest BCUT2D eigenvalue weighted by Crippen LogP contribution is -2.33. The van der Waals surface area contributed by atoms with E-state index in [1.165, 1.54) is 57.2 Å². The number of likely N-dealkylation sites (tertiary alicyclic amines) is 1. The molecular formula is C27H36FNO. The van der Waals surface area contributed by atoms with Gasteiger partial charge in [0.2, 0.25) is 0 Å². The molecular weight excluding hydrogens is 373 g/mol. The number of hydrogen-bond donors (Lipinski definition) is 0. The Kier molecular flexibility index (Phi) is 7.57. The predicted octanol–water partition coefficient (Wildman–Crippen LogP) is 6.96. The quantitative estimate of drug-likeness (QED) is 0.467. The van der Waals surface area contributed by atoms with Gasteiger partial charge in [-0.2, -0.15) is 0 Å². The molecule has 0 N–H and O–H groups in total. The van der Waals surface area contributed by atoms with Crippen molar-refractivity contribution in [2.75, 3.05) is 13.1 Å². The Bertz CT molecular complexity index is 789. The normalized spacial score (nSPS) is 18.9. The van der Waals surface area contributed by atoms with Crippen LogP contribution in [0.5, 0.6) is 0 Å². The third kappa shape index (κ3) is 5.70. The maximum Gasteiger partial charge on any atom is 0.129 e. The summed E-state index contributed by atoms with van der Waals surface area (Å²) in [4.78, 5) is 2.57. The van der Waals surface area contributed by atoms with Crippen LogP contribution in [0.15, 0.2) is 42.5 Å². The molecule has 1 saturated carbocycles. The van der Waals surface area contributed by atoms with E-state index in [1.807, 2.05) is 12.1 Å². The first-order valence-corrected chi connectivity index (χ1v) is 11.9. The zero-order valence-electron chi connectivity index (χ0n) is 18.4. The van der Waals surface area contributed by atoms with Crippen molar-refractivity contribution in [3.8, 4) is 11.1 Å². The maximum absolute atomic E-state index is 14.6. The van der Waals surface area contributed by atoms with Crippen molar-refractivity contribution in [3.63, 3.8) is 0 Å². The third-order valence-electron chi connectivity index (χ3n) is 6.93. The fourth-order valence-electron chi connectivity index (χ4n) is 5.01. The highest BCUT2D eigenvalue weighted by molar-refractivity contribution is 5.64. The SMILES string of the molecule is CCCC1CCN(Cc2ccc(-c3ccc(COC4CCCC4)c(F)c3)cc2)CC1. The lowest BCUT2D eigenvalue weighted by atomic mass is 9.92. The Morgan fingerprint density at radius 2 is 1.63 bits per heavy atom. The standard InChI is InChI=1S/C27H36FNO/c1-2-5-21-14-16-29(17-15-21)19-22-8-10-23(11-9-22)24-12-13-25(27(28)18-24)20-30-26-6-3-4-7-26/h8-13,18,21,26H,2-7,14-17,19-20H2,1H3. The van der Waals surface area contributed by atoms with Crippen molar-refractivity contribution >= 4 is 0 Å². The molecule has 2 fully saturated rings. The smallest absolute Gasteiger partial charge is 0.129 e. The van der Waals surface area contributed by atoms with Crippen LogP contribution in [-0.4, -0.2) is 24.1 Å². The highest BCUT2D eigenvalue weighted by atomic mass is 19.1. The van der Waals surface area contributed by atoms with Crippen molar-refractivity contribution in [1.29, 1.82) is 0 Å². The number of hydrogen-bond acceptors (Lipinski definition) is 2. The van der Waals surface area contributed by atoms with E-state index >= 15 is 0 Å². The summed E-state index contributed by atoms with van der Waals surface area (Å²) < 4.78 is 20.5. The lowest BCUT2D eigenvalue weighted by molar-refractivity contribution is 0.0441. The van der Waals surface area contributed by atoms with Crippen molar-refractivity contribution in [1.82, 2.24) is 4.90 Å². The van der Waals surface area contributed by atoms with Gasteiger partial charge in [0.25, 0.3) is 0 Å². The highest BCUT2D eigenvalue weighted by Gasteiger charge is 2.19. The van der Waals surface area contributed by atoms with Crippen LogP contribution in [-0.2, 0) is 17.9 Å². The van der Waals surface area contributed by atoms with Gasteiger partial charge in [0.1, 0.15) is 5.82 Å². The first-order chi connectivity index (χ1) is 14.7. The molecule has 0 bridgehead atoms. The molecule has 0 radical (unpaired) electrons. The molecule has 30 heavy (non-hydrogen) atoms. The fraction of sp³-hybridized carbons (Fsp3) is 0.556. The van der Waals surface area contributed by atoms with Crippen molar-refractivity contribution in [2.24, 2.45) is 5.92 Å². The number of halogens is 1. The molecule has 0 atom stereocenters. The van der Waals surface area contributed by atoms with Crippen LogP contribution in [0.2, 0.25) is 0 Å². The zero-order valence-corrected chi connectivity index (χ0v) is 18.4. The molecule has 2 aromatic carbocycles. The minimum atomic E-state index is -0.162. The van der Waals surface area contributed by atoms with Gasteiger partial charge in [-0.25, -0.2) is 4.39 Å². The molecule has 1 aliphatic heterocycles. The number of piperidine rings is 1. The first kappa shape index (κ1) is 21.5. The van der Waals surface area contributed by atoms with Crippen LogP contribution in [0, 0.1) is 11.7 Å². The molecule has 2 aromatic rings. The second-order valence-corrected chi connectivity index (χ2v) is 9.23. The number of benzene rings is 2.